The first-order valence-corrected chi connectivity index (χ1v) is 21.2. The molecular formula is C52H33N5S2. The highest BCUT2D eigenvalue weighted by Gasteiger charge is 2.23. The molecule has 12 aromatic rings. The molecule has 7 heteroatoms. The number of benzene rings is 8. The Kier molecular flexibility index (Phi) is 7.57. The van der Waals surface area contributed by atoms with E-state index in [2.05, 4.69) is 186 Å². The zero-order chi connectivity index (χ0) is 39.2. The second-order valence-corrected chi connectivity index (χ2v) is 16.9. The second-order valence-electron chi connectivity index (χ2n) is 14.8. The van der Waals surface area contributed by atoms with Crippen LogP contribution < -0.4 is 0 Å². The fraction of sp³-hybridized carbons (Fsp3) is 0.0192. The van der Waals surface area contributed by atoms with E-state index in [1.165, 1.54) is 51.1 Å². The molecule has 0 aliphatic rings. The van der Waals surface area contributed by atoms with E-state index in [9.17, 15) is 0 Å². The van der Waals surface area contributed by atoms with Crippen LogP contribution in [-0.2, 0) is 0 Å². The van der Waals surface area contributed by atoms with Gasteiger partial charge in [0.2, 0.25) is 0 Å². The number of amidine groups is 2. The van der Waals surface area contributed by atoms with Crippen LogP contribution in [0.2, 0.25) is 0 Å². The molecular weight excluding hydrogens is 759 g/mol. The molecule has 4 heterocycles. The van der Waals surface area contributed by atoms with Gasteiger partial charge in [0.05, 0.1) is 42.8 Å². The summed E-state index contributed by atoms with van der Waals surface area (Å²) in [4.78, 5) is 15.0. The van der Waals surface area contributed by atoms with Crippen molar-refractivity contribution in [2.24, 2.45) is 15.0 Å². The van der Waals surface area contributed by atoms with Gasteiger partial charge in [-0.05, 0) is 55.2 Å². The predicted octanol–water partition coefficient (Wildman–Crippen LogP) is 14.1. The van der Waals surface area contributed by atoms with Crippen molar-refractivity contribution in [2.75, 3.05) is 7.05 Å². The van der Waals surface area contributed by atoms with Crippen molar-refractivity contribution in [1.29, 1.82) is 0 Å². The maximum atomic E-state index is 5.37. The molecule has 0 saturated carbocycles. The molecule has 0 unspecified atom stereocenters. The minimum absolute atomic E-state index is 0.509. The molecule has 0 radical (unpaired) electrons. The lowest BCUT2D eigenvalue weighted by Crippen LogP contribution is -2.08. The number of rotatable bonds is 4. The van der Waals surface area contributed by atoms with Crippen LogP contribution in [0.4, 0.5) is 0 Å². The zero-order valence-electron chi connectivity index (χ0n) is 31.9. The van der Waals surface area contributed by atoms with Gasteiger partial charge in [-0.25, -0.2) is 9.98 Å². The van der Waals surface area contributed by atoms with Crippen molar-refractivity contribution < 1.29 is 0 Å². The van der Waals surface area contributed by atoms with Crippen LogP contribution in [0.15, 0.2) is 185 Å². The summed E-state index contributed by atoms with van der Waals surface area (Å²) in [7, 11) is 1.82. The van der Waals surface area contributed by atoms with E-state index >= 15 is 0 Å². The van der Waals surface area contributed by atoms with Gasteiger partial charge < -0.3 is 9.13 Å². The van der Waals surface area contributed by atoms with Crippen molar-refractivity contribution >= 4 is 125 Å². The van der Waals surface area contributed by atoms with Gasteiger partial charge in [0.15, 0.2) is 11.7 Å². The molecule has 0 saturated heterocycles. The molecule has 0 amide bonds. The first-order valence-electron chi connectivity index (χ1n) is 19.6. The molecule has 0 N–H and O–H groups in total. The number of hydrogen-bond donors (Lipinski definition) is 0. The SMILES string of the molecule is C=NC(=NC(=NC)c1cccc2c3ccccc3n(-c3cccc4c3sc3ccccc34)c12)c1cccc2c3ccccc3n(-c3cccc4c3sc3ccccc34)c12. The molecule has 0 bridgehead atoms. The zero-order valence-corrected chi connectivity index (χ0v) is 33.6. The van der Waals surface area contributed by atoms with E-state index in [-0.39, 0.29) is 0 Å². The van der Waals surface area contributed by atoms with E-state index in [4.69, 9.17) is 15.0 Å². The van der Waals surface area contributed by atoms with Crippen LogP contribution >= 0.6 is 22.7 Å². The molecule has 59 heavy (non-hydrogen) atoms. The molecule has 278 valence electrons. The molecule has 0 atom stereocenters. The molecule has 12 rings (SSSR count). The Bertz CT molecular complexity index is 3780. The van der Waals surface area contributed by atoms with Crippen LogP contribution in [-0.4, -0.2) is 34.6 Å². The Morgan fingerprint density at radius 1 is 0.424 bits per heavy atom. The lowest BCUT2D eigenvalue weighted by molar-refractivity contribution is 1.19. The fourth-order valence-corrected chi connectivity index (χ4v) is 11.6. The predicted molar refractivity (Wildman–Crippen MR) is 256 cm³/mol. The standard InChI is InChI=1S/C52H33N5S2/c1-53-51(39-23-11-19-35-31-15-3-7-25-41(31)56(47(35)39)43-27-13-21-37-33-17-5-9-29-45(33)58-49(37)43)55-52(54-2)40-24-12-20-36-32-16-4-8-26-42(32)57(48(36)40)44-28-14-22-38-34-18-6-10-30-46(34)59-50(38)44/h3-30H,1H2,2H3. The van der Waals surface area contributed by atoms with Gasteiger partial charge in [0.25, 0.3) is 0 Å². The van der Waals surface area contributed by atoms with Crippen LogP contribution in [0.25, 0.3) is 95.3 Å². The third-order valence-electron chi connectivity index (χ3n) is 11.7. The number of fused-ring (bicyclic) bond motifs is 12. The molecule has 0 spiro atoms. The van der Waals surface area contributed by atoms with Crippen molar-refractivity contribution in [3.8, 4) is 11.4 Å². The minimum Gasteiger partial charge on any atom is -0.307 e. The fourth-order valence-electron chi connectivity index (χ4n) is 9.23. The first-order chi connectivity index (χ1) is 29.2. The van der Waals surface area contributed by atoms with E-state index in [1.807, 2.05) is 29.7 Å². The average molecular weight is 792 g/mol. The Balaban J connectivity index is 1.12. The number of nitrogens with zero attached hydrogens (tertiary/aromatic N) is 5. The molecule has 5 nitrogen and oxygen atoms in total. The highest BCUT2D eigenvalue weighted by Crippen LogP contribution is 2.43. The summed E-state index contributed by atoms with van der Waals surface area (Å²) < 4.78 is 9.82. The minimum atomic E-state index is 0.509. The van der Waals surface area contributed by atoms with Gasteiger partial charge in [-0.2, -0.15) is 0 Å². The summed E-state index contributed by atoms with van der Waals surface area (Å²) in [5, 5.41) is 9.64. The van der Waals surface area contributed by atoms with Crippen LogP contribution in [0, 0.1) is 0 Å². The van der Waals surface area contributed by atoms with Crippen molar-refractivity contribution in [3.63, 3.8) is 0 Å². The number of para-hydroxylation sites is 4. The van der Waals surface area contributed by atoms with E-state index < -0.39 is 0 Å². The highest BCUT2D eigenvalue weighted by atomic mass is 32.1. The lowest BCUT2D eigenvalue weighted by Gasteiger charge is -2.14. The Hall–Kier alpha value is -7.19. The van der Waals surface area contributed by atoms with Crippen LogP contribution in [0.1, 0.15) is 11.1 Å². The van der Waals surface area contributed by atoms with Gasteiger partial charge >= 0.3 is 0 Å². The number of thiophene rings is 2. The Morgan fingerprint density at radius 2 is 0.831 bits per heavy atom. The third kappa shape index (κ3) is 4.92. The summed E-state index contributed by atoms with van der Waals surface area (Å²) in [5.41, 5.74) is 8.40. The summed E-state index contributed by atoms with van der Waals surface area (Å²) in [5.74, 6) is 1.09. The van der Waals surface area contributed by atoms with Crippen LogP contribution in [0.3, 0.4) is 0 Å². The summed E-state index contributed by atoms with van der Waals surface area (Å²) in [6.07, 6.45) is 0. The molecule has 4 aromatic heterocycles. The molecule has 0 aliphatic carbocycles. The number of hydrogen-bond acceptors (Lipinski definition) is 3. The van der Waals surface area contributed by atoms with Crippen molar-refractivity contribution in [2.45, 2.75) is 0 Å². The summed E-state index contributed by atoms with van der Waals surface area (Å²) >= 11 is 3.67. The van der Waals surface area contributed by atoms with Crippen molar-refractivity contribution in [1.82, 2.24) is 9.13 Å². The third-order valence-corrected chi connectivity index (χ3v) is 14.1. The summed E-state index contributed by atoms with van der Waals surface area (Å²) in [6.45, 7) is 4.13. The van der Waals surface area contributed by atoms with Gasteiger partial charge in [-0.15, -0.1) is 22.7 Å². The first kappa shape index (κ1) is 33.9. The normalized spacial score (nSPS) is 12.8. The van der Waals surface area contributed by atoms with Gasteiger partial charge in [-0.3, -0.25) is 4.99 Å². The summed E-state index contributed by atoms with van der Waals surface area (Å²) in [6, 6.07) is 60.8. The Labute approximate surface area is 346 Å². The molecule has 0 fully saturated rings. The number of aliphatic imine (C=N–C) groups is 3. The van der Waals surface area contributed by atoms with E-state index in [0.717, 1.165) is 55.3 Å². The maximum absolute atomic E-state index is 5.37. The smallest absolute Gasteiger partial charge is 0.163 e. The van der Waals surface area contributed by atoms with Gasteiger partial charge in [0.1, 0.15) is 0 Å². The quantitative estimate of drug-likeness (QED) is 0.126. The molecule has 0 aliphatic heterocycles. The number of aromatic nitrogens is 2. The van der Waals surface area contributed by atoms with Crippen LogP contribution in [0.5, 0.6) is 0 Å². The van der Waals surface area contributed by atoms with E-state index in [1.54, 1.807) is 0 Å². The van der Waals surface area contributed by atoms with E-state index in [0.29, 0.717) is 11.7 Å². The topological polar surface area (TPSA) is 46.9 Å². The highest BCUT2D eigenvalue weighted by molar-refractivity contribution is 7.26. The second kappa shape index (κ2) is 13.2. The monoisotopic (exact) mass is 791 g/mol. The lowest BCUT2D eigenvalue weighted by atomic mass is 10.1. The Morgan fingerprint density at radius 3 is 1.32 bits per heavy atom. The largest absolute Gasteiger partial charge is 0.307 e. The molecule has 8 aromatic carbocycles. The average Bonchev–Trinajstić information content (AvgIpc) is 4.05. The van der Waals surface area contributed by atoms with Gasteiger partial charge in [0, 0.05) is 70.7 Å². The van der Waals surface area contributed by atoms with Crippen molar-refractivity contribution in [3.05, 3.63) is 181 Å². The van der Waals surface area contributed by atoms with Gasteiger partial charge in [-0.1, -0.05) is 121 Å². The maximum Gasteiger partial charge on any atom is 0.163 e.